The van der Waals surface area contributed by atoms with Crippen molar-refractivity contribution in [3.63, 3.8) is 0 Å². The number of ether oxygens (including phenoxy) is 1. The Kier molecular flexibility index (Phi) is 4.43. The first kappa shape index (κ1) is 18.9. The van der Waals surface area contributed by atoms with Crippen LogP contribution in [0.25, 0.3) is 11.2 Å². The second-order valence-corrected chi connectivity index (χ2v) is 7.29. The fourth-order valence-corrected chi connectivity index (χ4v) is 3.18. The number of nitrogens with zero attached hydrogens (tertiary/aromatic N) is 4. The van der Waals surface area contributed by atoms with E-state index in [9.17, 15) is 19.6 Å². The molecular weight excluding hydrogens is 373 g/mol. The Morgan fingerprint density at radius 3 is 2.73 bits per heavy atom. The molecule has 0 radical (unpaired) electrons. The molecule has 0 aliphatic carbocycles. The molecule has 4 atom stereocenters. The SMILES string of the molecule is Cn1c(N)nc2c(ncn2[C@]2(C)O[C@H](COP(=O)(O)O)[C@@H](O)[C@H]2O)c1=O. The summed E-state index contributed by atoms with van der Waals surface area (Å²) in [5, 5.41) is 20.6. The fourth-order valence-electron chi connectivity index (χ4n) is 2.84. The number of hydrogen-bond donors (Lipinski definition) is 5. The number of aliphatic hydroxyl groups excluding tert-OH is 2. The van der Waals surface area contributed by atoms with E-state index in [4.69, 9.17) is 20.3 Å². The van der Waals surface area contributed by atoms with Crippen LogP contribution in [0.15, 0.2) is 11.1 Å². The van der Waals surface area contributed by atoms with Crippen LogP contribution in [0.1, 0.15) is 6.92 Å². The van der Waals surface area contributed by atoms with Gasteiger partial charge < -0.3 is 30.5 Å². The number of imidazole rings is 1. The second kappa shape index (κ2) is 6.09. The Morgan fingerprint density at radius 2 is 2.12 bits per heavy atom. The summed E-state index contributed by atoms with van der Waals surface area (Å²) in [6.07, 6.45) is -3.10. The number of phosphoric acid groups is 1. The van der Waals surface area contributed by atoms with E-state index >= 15 is 0 Å². The molecule has 13 nitrogen and oxygen atoms in total. The van der Waals surface area contributed by atoms with E-state index in [-0.39, 0.29) is 17.1 Å². The lowest BCUT2D eigenvalue weighted by Gasteiger charge is -2.29. The maximum absolute atomic E-state index is 12.2. The number of phosphoric ester groups is 1. The molecule has 1 aliphatic heterocycles. The second-order valence-electron chi connectivity index (χ2n) is 6.05. The van der Waals surface area contributed by atoms with Gasteiger partial charge >= 0.3 is 7.82 Å². The summed E-state index contributed by atoms with van der Waals surface area (Å²) in [7, 11) is -3.37. The third kappa shape index (κ3) is 2.93. The third-order valence-corrected chi connectivity index (χ3v) is 4.83. The zero-order chi connectivity index (χ0) is 19.4. The van der Waals surface area contributed by atoms with Crippen molar-refractivity contribution in [3.8, 4) is 0 Å². The van der Waals surface area contributed by atoms with Crippen LogP contribution in [-0.2, 0) is 26.6 Å². The summed E-state index contributed by atoms with van der Waals surface area (Å²) in [5.74, 6) is -0.0951. The summed E-state index contributed by atoms with van der Waals surface area (Å²) in [6.45, 7) is 0.733. The van der Waals surface area contributed by atoms with Gasteiger partial charge in [0.1, 0.15) is 18.3 Å². The van der Waals surface area contributed by atoms with Crippen molar-refractivity contribution in [2.45, 2.75) is 31.0 Å². The molecule has 1 aliphatic rings. The molecule has 1 fully saturated rings. The van der Waals surface area contributed by atoms with Gasteiger partial charge in [-0.3, -0.25) is 18.5 Å². The Morgan fingerprint density at radius 1 is 1.46 bits per heavy atom. The standard InChI is InChI=1S/C12H18N5O8P/c1-12(8(19)7(18)5(25-12)3-24-26(21,22)23)17-4-14-6-9(17)15-11(13)16(2)10(6)20/h4-5,7-8,18-19H,3H2,1-2H3,(H2,13,15)(H2,21,22,23)/t5-,7-,8-,12-/m1/s1. The van der Waals surface area contributed by atoms with Crippen LogP contribution in [0.5, 0.6) is 0 Å². The zero-order valence-electron chi connectivity index (χ0n) is 13.8. The first-order valence-corrected chi connectivity index (χ1v) is 8.93. The van der Waals surface area contributed by atoms with Gasteiger partial charge in [0.05, 0.1) is 12.9 Å². The molecule has 3 heterocycles. The molecule has 2 aromatic heterocycles. The van der Waals surface area contributed by atoms with Crippen LogP contribution in [0.3, 0.4) is 0 Å². The van der Waals surface area contributed by atoms with Crippen molar-refractivity contribution in [1.29, 1.82) is 0 Å². The molecule has 0 amide bonds. The number of aliphatic hydroxyl groups is 2. The van der Waals surface area contributed by atoms with Crippen molar-refractivity contribution in [1.82, 2.24) is 19.1 Å². The maximum Gasteiger partial charge on any atom is 0.469 e. The largest absolute Gasteiger partial charge is 0.469 e. The van der Waals surface area contributed by atoms with E-state index in [2.05, 4.69) is 14.5 Å². The van der Waals surface area contributed by atoms with Gasteiger partial charge in [-0.05, 0) is 6.92 Å². The summed E-state index contributed by atoms with van der Waals surface area (Å²) in [5.41, 5.74) is 3.55. The minimum absolute atomic E-state index is 0.0240. The number of hydrogen-bond acceptors (Lipinski definition) is 9. The van der Waals surface area contributed by atoms with Crippen LogP contribution in [0, 0.1) is 0 Å². The predicted octanol–water partition coefficient (Wildman–Crippen LogP) is -2.39. The molecule has 1 saturated heterocycles. The first-order valence-electron chi connectivity index (χ1n) is 7.40. The monoisotopic (exact) mass is 391 g/mol. The van der Waals surface area contributed by atoms with E-state index in [1.165, 1.54) is 24.9 Å². The van der Waals surface area contributed by atoms with E-state index in [1.54, 1.807) is 0 Å². The molecule has 0 spiro atoms. The molecule has 14 heteroatoms. The highest BCUT2D eigenvalue weighted by Gasteiger charge is 2.53. The van der Waals surface area contributed by atoms with Gasteiger partial charge in [0.2, 0.25) is 5.95 Å². The smallest absolute Gasteiger partial charge is 0.387 e. The summed E-state index contributed by atoms with van der Waals surface area (Å²) in [6, 6.07) is 0. The summed E-state index contributed by atoms with van der Waals surface area (Å²) >= 11 is 0. The molecule has 0 saturated carbocycles. The van der Waals surface area contributed by atoms with Gasteiger partial charge in [-0.2, -0.15) is 4.98 Å². The fraction of sp³-hybridized carbons (Fsp3) is 0.583. The highest BCUT2D eigenvalue weighted by molar-refractivity contribution is 7.46. The van der Waals surface area contributed by atoms with Gasteiger partial charge in [0.15, 0.2) is 16.9 Å². The van der Waals surface area contributed by atoms with Crippen LogP contribution < -0.4 is 11.3 Å². The minimum atomic E-state index is -4.79. The number of nitrogen functional groups attached to an aromatic ring is 1. The molecular formula is C12H18N5O8P. The van der Waals surface area contributed by atoms with Crippen molar-refractivity contribution in [3.05, 3.63) is 16.7 Å². The average molecular weight is 391 g/mol. The van der Waals surface area contributed by atoms with Crippen LogP contribution in [-0.4, -0.2) is 64.0 Å². The van der Waals surface area contributed by atoms with Gasteiger partial charge in [-0.1, -0.05) is 0 Å². The lowest BCUT2D eigenvalue weighted by molar-refractivity contribution is -0.131. The maximum atomic E-state index is 12.2. The quantitative estimate of drug-likeness (QED) is 0.349. The highest BCUT2D eigenvalue weighted by atomic mass is 31.2. The highest BCUT2D eigenvalue weighted by Crippen LogP contribution is 2.40. The van der Waals surface area contributed by atoms with Crippen molar-refractivity contribution >= 4 is 24.9 Å². The third-order valence-electron chi connectivity index (χ3n) is 4.34. The molecule has 3 rings (SSSR count). The van der Waals surface area contributed by atoms with E-state index in [0.29, 0.717) is 0 Å². The minimum Gasteiger partial charge on any atom is -0.387 e. The number of aromatic nitrogens is 4. The van der Waals surface area contributed by atoms with Gasteiger partial charge in [-0.15, -0.1) is 0 Å². The number of anilines is 1. The Labute approximate surface area is 145 Å². The molecule has 26 heavy (non-hydrogen) atoms. The molecule has 0 aromatic carbocycles. The summed E-state index contributed by atoms with van der Waals surface area (Å²) in [4.78, 5) is 37.8. The lowest BCUT2D eigenvalue weighted by atomic mass is 10.0. The Hall–Kier alpha value is -1.86. The van der Waals surface area contributed by atoms with Crippen molar-refractivity contribution in [2.24, 2.45) is 7.05 Å². The molecule has 6 N–H and O–H groups in total. The Balaban J connectivity index is 2.02. The number of fused-ring (bicyclic) bond motifs is 1. The van der Waals surface area contributed by atoms with Gasteiger partial charge in [0, 0.05) is 7.05 Å². The summed E-state index contributed by atoms with van der Waals surface area (Å²) < 4.78 is 23.1. The zero-order valence-corrected chi connectivity index (χ0v) is 14.6. The van der Waals surface area contributed by atoms with E-state index < -0.39 is 44.0 Å². The normalized spacial score (nSPS) is 29.5. The molecule has 2 aromatic rings. The first-order chi connectivity index (χ1) is 12.0. The average Bonchev–Trinajstić information content (AvgIpc) is 3.06. The Bertz CT molecular complexity index is 953. The van der Waals surface area contributed by atoms with Crippen molar-refractivity contribution < 1.29 is 33.8 Å². The van der Waals surface area contributed by atoms with Crippen LogP contribution in [0.2, 0.25) is 0 Å². The predicted molar refractivity (Wildman–Crippen MR) is 85.7 cm³/mol. The molecule has 0 bridgehead atoms. The molecule has 0 unspecified atom stereocenters. The topological polar surface area (TPSA) is 195 Å². The van der Waals surface area contributed by atoms with E-state index in [1.807, 2.05) is 0 Å². The van der Waals surface area contributed by atoms with E-state index in [0.717, 1.165) is 4.57 Å². The van der Waals surface area contributed by atoms with Crippen LogP contribution >= 0.6 is 7.82 Å². The lowest BCUT2D eigenvalue weighted by Crippen LogP contribution is -2.43. The molecule has 144 valence electrons. The number of nitrogens with two attached hydrogens (primary N) is 1. The van der Waals surface area contributed by atoms with Crippen LogP contribution in [0.4, 0.5) is 5.95 Å². The number of rotatable bonds is 4. The van der Waals surface area contributed by atoms with Gasteiger partial charge in [-0.25, -0.2) is 9.55 Å². The van der Waals surface area contributed by atoms with Crippen molar-refractivity contribution in [2.75, 3.05) is 12.3 Å². The van der Waals surface area contributed by atoms with Gasteiger partial charge in [0.25, 0.3) is 5.56 Å².